The summed E-state index contributed by atoms with van der Waals surface area (Å²) in [6, 6.07) is 0.552. The summed E-state index contributed by atoms with van der Waals surface area (Å²) >= 11 is 0. The summed E-state index contributed by atoms with van der Waals surface area (Å²) in [5.74, 6) is 1.09. The molecule has 1 aliphatic heterocycles. The Hall–Kier alpha value is -1.07. The van der Waals surface area contributed by atoms with E-state index < -0.39 is 0 Å². The fourth-order valence-corrected chi connectivity index (χ4v) is 2.79. The molecule has 1 aromatic rings. The van der Waals surface area contributed by atoms with Crippen LogP contribution in [0.2, 0.25) is 0 Å². The van der Waals surface area contributed by atoms with Crippen molar-refractivity contribution in [2.45, 2.75) is 45.7 Å². The lowest BCUT2D eigenvalue weighted by Crippen LogP contribution is -2.45. The van der Waals surface area contributed by atoms with Gasteiger partial charge in [0, 0.05) is 45.6 Å². The molecule has 0 bridgehead atoms. The number of hydrogen-bond acceptors (Lipinski definition) is 4. The van der Waals surface area contributed by atoms with Crippen LogP contribution in [0.4, 0.5) is 5.95 Å². The molecule has 114 valence electrons. The summed E-state index contributed by atoms with van der Waals surface area (Å²) in [5.41, 5.74) is 1.09. The molecule has 2 rings (SSSR count). The predicted octanol–water partition coefficient (Wildman–Crippen LogP) is 1.81. The van der Waals surface area contributed by atoms with Gasteiger partial charge in [-0.05, 0) is 39.7 Å². The molecule has 0 amide bonds. The lowest BCUT2D eigenvalue weighted by molar-refractivity contribution is 0.141. The normalized spacial score (nSPS) is 19.2. The number of ether oxygens (including phenoxy) is 1. The third-order valence-corrected chi connectivity index (χ3v) is 3.90. The molecular weight excluding hydrogens is 252 g/mol. The summed E-state index contributed by atoms with van der Waals surface area (Å²) in [7, 11) is 2.17. The number of hydrogen-bond donors (Lipinski definition) is 1. The average Bonchev–Trinajstić information content (AvgIpc) is 2.85. The van der Waals surface area contributed by atoms with Gasteiger partial charge >= 0.3 is 0 Å². The highest BCUT2D eigenvalue weighted by Crippen LogP contribution is 2.19. The number of nitrogens with one attached hydrogen (secondary N) is 1. The second-order valence-corrected chi connectivity index (χ2v) is 5.54. The van der Waals surface area contributed by atoms with Crippen molar-refractivity contribution in [3.8, 4) is 0 Å². The van der Waals surface area contributed by atoms with E-state index in [1.54, 1.807) is 0 Å². The molecule has 1 fully saturated rings. The molecule has 20 heavy (non-hydrogen) atoms. The van der Waals surface area contributed by atoms with Gasteiger partial charge in [-0.1, -0.05) is 0 Å². The van der Waals surface area contributed by atoms with Crippen molar-refractivity contribution in [3.63, 3.8) is 0 Å². The largest absolute Gasteiger partial charge is 0.382 e. The zero-order valence-corrected chi connectivity index (χ0v) is 13.1. The third kappa shape index (κ3) is 3.96. The van der Waals surface area contributed by atoms with Crippen LogP contribution < -0.4 is 10.2 Å². The summed E-state index contributed by atoms with van der Waals surface area (Å²) < 4.78 is 7.69. The summed E-state index contributed by atoms with van der Waals surface area (Å²) in [6.45, 7) is 8.89. The van der Waals surface area contributed by atoms with Crippen LogP contribution in [0.15, 0.2) is 6.20 Å². The van der Waals surface area contributed by atoms with Gasteiger partial charge < -0.3 is 19.5 Å². The van der Waals surface area contributed by atoms with Gasteiger partial charge in [-0.15, -0.1) is 0 Å². The molecule has 1 aliphatic rings. The number of aryl methyl sites for hydroxylation is 2. The fraction of sp³-hybridized carbons (Fsp3) is 0.800. The van der Waals surface area contributed by atoms with Crippen molar-refractivity contribution in [1.29, 1.82) is 0 Å². The van der Waals surface area contributed by atoms with Gasteiger partial charge in [-0.3, -0.25) is 0 Å². The Morgan fingerprint density at radius 2 is 2.40 bits per heavy atom. The molecule has 5 nitrogen and oxygen atoms in total. The van der Waals surface area contributed by atoms with Crippen LogP contribution in [0.5, 0.6) is 0 Å². The zero-order chi connectivity index (χ0) is 14.4. The first-order valence-corrected chi connectivity index (χ1v) is 7.77. The minimum Gasteiger partial charge on any atom is -0.382 e. The Morgan fingerprint density at radius 3 is 3.10 bits per heavy atom. The van der Waals surface area contributed by atoms with E-state index in [0.717, 1.165) is 50.9 Å². The molecule has 1 unspecified atom stereocenters. The monoisotopic (exact) mass is 280 g/mol. The number of rotatable bonds is 7. The van der Waals surface area contributed by atoms with E-state index in [0.29, 0.717) is 6.04 Å². The van der Waals surface area contributed by atoms with E-state index in [-0.39, 0.29) is 0 Å². The SMILES string of the molecule is CCOCCCn1cc(C)nc1N(C)C1CCCNC1. The van der Waals surface area contributed by atoms with Gasteiger partial charge in [0.05, 0.1) is 5.69 Å². The van der Waals surface area contributed by atoms with Crippen molar-refractivity contribution in [2.75, 3.05) is 38.3 Å². The maximum absolute atomic E-state index is 5.42. The molecule has 2 heterocycles. The Bertz CT molecular complexity index is 399. The number of imidazole rings is 1. The molecule has 1 atom stereocenters. The summed E-state index contributed by atoms with van der Waals surface area (Å²) in [5, 5.41) is 3.47. The summed E-state index contributed by atoms with van der Waals surface area (Å²) in [6.07, 6.45) is 5.68. The van der Waals surface area contributed by atoms with Crippen molar-refractivity contribution >= 4 is 5.95 Å². The first-order chi connectivity index (χ1) is 9.72. The Labute approximate surface area is 122 Å². The van der Waals surface area contributed by atoms with Gasteiger partial charge in [0.25, 0.3) is 0 Å². The van der Waals surface area contributed by atoms with E-state index in [4.69, 9.17) is 9.72 Å². The second-order valence-electron chi connectivity index (χ2n) is 5.54. The third-order valence-electron chi connectivity index (χ3n) is 3.90. The molecule has 1 aromatic heterocycles. The highest BCUT2D eigenvalue weighted by atomic mass is 16.5. The molecule has 0 aromatic carbocycles. The molecule has 0 spiro atoms. The first-order valence-electron chi connectivity index (χ1n) is 7.77. The topological polar surface area (TPSA) is 42.3 Å². The lowest BCUT2D eigenvalue weighted by atomic mass is 10.1. The number of anilines is 1. The van der Waals surface area contributed by atoms with E-state index in [1.807, 2.05) is 6.92 Å². The maximum Gasteiger partial charge on any atom is 0.205 e. The number of nitrogens with zero attached hydrogens (tertiary/aromatic N) is 3. The highest BCUT2D eigenvalue weighted by Gasteiger charge is 2.21. The number of piperidine rings is 1. The smallest absolute Gasteiger partial charge is 0.205 e. The quantitative estimate of drug-likeness (QED) is 0.774. The van der Waals surface area contributed by atoms with Gasteiger partial charge in [0.1, 0.15) is 0 Å². The standard InChI is InChI=1S/C15H28N4O/c1-4-20-10-6-9-19-12-13(2)17-15(19)18(3)14-7-5-8-16-11-14/h12,14,16H,4-11H2,1-3H3. The Balaban J connectivity index is 1.98. The van der Waals surface area contributed by atoms with Gasteiger partial charge in [-0.2, -0.15) is 0 Å². The van der Waals surface area contributed by atoms with Gasteiger partial charge in [-0.25, -0.2) is 4.98 Å². The molecule has 0 radical (unpaired) electrons. The molecule has 0 saturated carbocycles. The van der Waals surface area contributed by atoms with Crippen molar-refractivity contribution in [3.05, 3.63) is 11.9 Å². The van der Waals surface area contributed by atoms with Crippen LogP contribution in [0, 0.1) is 6.92 Å². The van der Waals surface area contributed by atoms with E-state index in [9.17, 15) is 0 Å². The minimum atomic E-state index is 0.552. The Kier molecular flexibility index (Phi) is 5.86. The van der Waals surface area contributed by atoms with Crippen LogP contribution in [0.25, 0.3) is 0 Å². The predicted molar refractivity (Wildman–Crippen MR) is 82.4 cm³/mol. The first kappa shape index (κ1) is 15.3. The lowest BCUT2D eigenvalue weighted by Gasteiger charge is -2.32. The Morgan fingerprint density at radius 1 is 1.55 bits per heavy atom. The van der Waals surface area contributed by atoms with Crippen LogP contribution >= 0.6 is 0 Å². The van der Waals surface area contributed by atoms with Crippen LogP contribution in [0.3, 0.4) is 0 Å². The minimum absolute atomic E-state index is 0.552. The molecule has 0 aliphatic carbocycles. The van der Waals surface area contributed by atoms with Crippen LogP contribution in [-0.4, -0.2) is 48.9 Å². The maximum atomic E-state index is 5.42. The second kappa shape index (κ2) is 7.64. The van der Waals surface area contributed by atoms with E-state index >= 15 is 0 Å². The van der Waals surface area contributed by atoms with Gasteiger partial charge in [0.15, 0.2) is 0 Å². The van der Waals surface area contributed by atoms with E-state index in [2.05, 4.69) is 35.0 Å². The molecule has 5 heteroatoms. The van der Waals surface area contributed by atoms with E-state index in [1.165, 1.54) is 12.8 Å². The highest BCUT2D eigenvalue weighted by molar-refractivity contribution is 5.34. The fourth-order valence-electron chi connectivity index (χ4n) is 2.79. The van der Waals surface area contributed by atoms with Crippen molar-refractivity contribution < 1.29 is 4.74 Å². The molecule has 1 N–H and O–H groups in total. The van der Waals surface area contributed by atoms with Crippen LogP contribution in [0.1, 0.15) is 31.9 Å². The number of likely N-dealkylation sites (N-methyl/N-ethyl adjacent to an activating group) is 1. The van der Waals surface area contributed by atoms with Crippen molar-refractivity contribution in [2.24, 2.45) is 0 Å². The average molecular weight is 280 g/mol. The van der Waals surface area contributed by atoms with Crippen LogP contribution in [-0.2, 0) is 11.3 Å². The zero-order valence-electron chi connectivity index (χ0n) is 13.1. The van der Waals surface area contributed by atoms with Crippen molar-refractivity contribution in [1.82, 2.24) is 14.9 Å². The molecular formula is C15H28N4O. The summed E-state index contributed by atoms with van der Waals surface area (Å²) in [4.78, 5) is 7.04. The number of aromatic nitrogens is 2. The molecule has 1 saturated heterocycles. The van der Waals surface area contributed by atoms with Gasteiger partial charge in [0.2, 0.25) is 5.95 Å².